The quantitative estimate of drug-likeness (QED) is 0.833. The second-order valence-corrected chi connectivity index (χ2v) is 6.67. The number of nitrogens with zero attached hydrogens (tertiary/aromatic N) is 1. The van der Waals surface area contributed by atoms with Crippen molar-refractivity contribution in [2.45, 2.75) is 32.4 Å². The molecule has 128 valence electrons. The van der Waals surface area contributed by atoms with Gasteiger partial charge in [0.2, 0.25) is 0 Å². The molecule has 0 bridgehead atoms. The zero-order valence-corrected chi connectivity index (χ0v) is 14.9. The van der Waals surface area contributed by atoms with Gasteiger partial charge in [-0.05, 0) is 55.6 Å². The minimum absolute atomic E-state index is 0.0670. The number of aryl methyl sites for hydroxylation is 1. The summed E-state index contributed by atoms with van der Waals surface area (Å²) in [5.41, 5.74) is 2.67. The number of fused-ring (bicyclic) bond motifs is 1. The second kappa shape index (κ2) is 7.32. The van der Waals surface area contributed by atoms with Gasteiger partial charge < -0.3 is 19.9 Å². The van der Waals surface area contributed by atoms with Crippen LogP contribution in [0.15, 0.2) is 29.1 Å². The van der Waals surface area contributed by atoms with Gasteiger partial charge in [0, 0.05) is 31.3 Å². The zero-order chi connectivity index (χ0) is 17.1. The Morgan fingerprint density at radius 2 is 2.29 bits per heavy atom. The molecule has 1 aliphatic rings. The first-order valence-electron chi connectivity index (χ1n) is 8.27. The summed E-state index contributed by atoms with van der Waals surface area (Å²) < 4.78 is 5.72. The lowest BCUT2D eigenvalue weighted by molar-refractivity contribution is 0.0898. The highest BCUT2D eigenvalue weighted by atomic mass is 32.1. The van der Waals surface area contributed by atoms with Gasteiger partial charge >= 0.3 is 0 Å². The van der Waals surface area contributed by atoms with E-state index in [0.29, 0.717) is 23.8 Å². The van der Waals surface area contributed by atoms with E-state index in [2.05, 4.69) is 16.4 Å². The summed E-state index contributed by atoms with van der Waals surface area (Å²) >= 11 is 5.42. The molecule has 0 amide bonds. The minimum atomic E-state index is -0.0670. The Hall–Kier alpha value is -1.92. The highest BCUT2D eigenvalue weighted by Gasteiger charge is 2.21. The molecular formula is C18H23N3O2S. The van der Waals surface area contributed by atoms with Crippen molar-refractivity contribution in [1.82, 2.24) is 15.2 Å². The molecule has 5 nitrogen and oxygen atoms in total. The number of thiocarbonyl (C=S) groups is 1. The summed E-state index contributed by atoms with van der Waals surface area (Å²) in [6.45, 7) is 4.02. The maximum absolute atomic E-state index is 12.4. The van der Waals surface area contributed by atoms with Gasteiger partial charge in [-0.25, -0.2) is 0 Å². The molecule has 3 rings (SSSR count). The monoisotopic (exact) mass is 345 g/mol. The van der Waals surface area contributed by atoms with E-state index in [-0.39, 0.29) is 11.7 Å². The molecule has 0 radical (unpaired) electrons. The number of nitrogens with one attached hydrogen (secondary N) is 2. The Morgan fingerprint density at radius 1 is 1.46 bits per heavy atom. The van der Waals surface area contributed by atoms with E-state index < -0.39 is 0 Å². The summed E-state index contributed by atoms with van der Waals surface area (Å²) in [6.07, 6.45) is 2.30. The standard InChI is InChI=1S/C18H23N3O2S/c1-12-5-6-16-13(8-12)9-14(17(22)20-16)10-21(18(24)19-2)11-15-4-3-7-23-15/h5-6,8-9,15H,3-4,7,10-11H2,1-2H3,(H,19,24)(H,20,22)/t15-/m1/s1. The third-order valence-corrected chi connectivity index (χ3v) is 4.85. The lowest BCUT2D eigenvalue weighted by atomic mass is 10.1. The fourth-order valence-corrected chi connectivity index (χ4v) is 3.24. The number of pyridine rings is 1. The normalized spacial score (nSPS) is 17.2. The molecule has 1 fully saturated rings. The molecule has 1 aromatic carbocycles. The van der Waals surface area contributed by atoms with Crippen LogP contribution in [-0.2, 0) is 11.3 Å². The van der Waals surface area contributed by atoms with Crippen LogP contribution < -0.4 is 10.9 Å². The minimum Gasteiger partial charge on any atom is -0.376 e. The highest BCUT2D eigenvalue weighted by Crippen LogP contribution is 2.17. The van der Waals surface area contributed by atoms with Crippen LogP contribution in [0, 0.1) is 6.92 Å². The summed E-state index contributed by atoms with van der Waals surface area (Å²) in [4.78, 5) is 17.4. The van der Waals surface area contributed by atoms with Crippen LogP contribution in [0.3, 0.4) is 0 Å². The molecule has 0 aliphatic carbocycles. The highest BCUT2D eigenvalue weighted by molar-refractivity contribution is 7.80. The number of aromatic nitrogens is 1. The van der Waals surface area contributed by atoms with E-state index in [4.69, 9.17) is 17.0 Å². The van der Waals surface area contributed by atoms with Crippen LogP contribution in [0.2, 0.25) is 0 Å². The van der Waals surface area contributed by atoms with Crippen LogP contribution in [0.4, 0.5) is 0 Å². The molecule has 1 aromatic heterocycles. The number of aromatic amines is 1. The van der Waals surface area contributed by atoms with Gasteiger partial charge in [-0.3, -0.25) is 4.79 Å². The van der Waals surface area contributed by atoms with E-state index in [0.717, 1.165) is 30.4 Å². The van der Waals surface area contributed by atoms with Crippen molar-refractivity contribution in [3.8, 4) is 0 Å². The molecule has 2 heterocycles. The largest absolute Gasteiger partial charge is 0.376 e. The SMILES string of the molecule is CNC(=S)N(Cc1cc2cc(C)ccc2[nH]c1=O)C[C@H]1CCCO1. The lowest BCUT2D eigenvalue weighted by Crippen LogP contribution is -2.42. The second-order valence-electron chi connectivity index (χ2n) is 6.29. The van der Waals surface area contributed by atoms with Crippen LogP contribution in [0.1, 0.15) is 24.0 Å². The van der Waals surface area contributed by atoms with Crippen LogP contribution in [0.5, 0.6) is 0 Å². The van der Waals surface area contributed by atoms with Crippen LogP contribution in [-0.4, -0.2) is 41.3 Å². The number of benzene rings is 1. The van der Waals surface area contributed by atoms with E-state index >= 15 is 0 Å². The Kier molecular flexibility index (Phi) is 5.16. The molecule has 2 N–H and O–H groups in total. The Balaban J connectivity index is 1.87. The van der Waals surface area contributed by atoms with E-state index in [1.807, 2.05) is 30.0 Å². The van der Waals surface area contributed by atoms with Crippen LogP contribution >= 0.6 is 12.2 Å². The molecule has 6 heteroatoms. The number of rotatable bonds is 4. The Morgan fingerprint density at radius 3 is 3.00 bits per heavy atom. The van der Waals surface area contributed by atoms with Crippen molar-refractivity contribution in [2.75, 3.05) is 20.2 Å². The molecule has 24 heavy (non-hydrogen) atoms. The number of hydrogen-bond donors (Lipinski definition) is 2. The van der Waals surface area contributed by atoms with Gasteiger partial charge in [0.15, 0.2) is 5.11 Å². The molecule has 1 saturated heterocycles. The fourth-order valence-electron chi connectivity index (χ4n) is 3.11. The van der Waals surface area contributed by atoms with Crippen LogP contribution in [0.25, 0.3) is 10.9 Å². The first kappa shape index (κ1) is 16.9. The van der Waals surface area contributed by atoms with E-state index in [1.54, 1.807) is 7.05 Å². The van der Waals surface area contributed by atoms with Crippen molar-refractivity contribution < 1.29 is 4.74 Å². The average molecular weight is 345 g/mol. The van der Waals surface area contributed by atoms with Crippen molar-refractivity contribution in [3.05, 3.63) is 45.7 Å². The van der Waals surface area contributed by atoms with E-state index in [1.165, 1.54) is 5.56 Å². The van der Waals surface area contributed by atoms with Gasteiger partial charge in [0.25, 0.3) is 5.56 Å². The molecule has 0 spiro atoms. The van der Waals surface area contributed by atoms with Crippen molar-refractivity contribution >= 4 is 28.2 Å². The zero-order valence-electron chi connectivity index (χ0n) is 14.1. The summed E-state index contributed by atoms with van der Waals surface area (Å²) in [6, 6.07) is 7.98. The number of ether oxygens (including phenoxy) is 1. The molecule has 1 aliphatic heterocycles. The lowest BCUT2D eigenvalue weighted by Gasteiger charge is -2.27. The van der Waals surface area contributed by atoms with Gasteiger partial charge in [-0.15, -0.1) is 0 Å². The molecule has 1 atom stereocenters. The molecule has 0 saturated carbocycles. The predicted molar refractivity (Wildman–Crippen MR) is 100 cm³/mol. The van der Waals surface area contributed by atoms with Crippen molar-refractivity contribution in [3.63, 3.8) is 0 Å². The van der Waals surface area contributed by atoms with Gasteiger partial charge in [0.1, 0.15) is 0 Å². The third kappa shape index (κ3) is 3.76. The van der Waals surface area contributed by atoms with Gasteiger partial charge in [-0.2, -0.15) is 0 Å². The third-order valence-electron chi connectivity index (χ3n) is 4.39. The topological polar surface area (TPSA) is 57.4 Å². The average Bonchev–Trinajstić information content (AvgIpc) is 3.07. The smallest absolute Gasteiger partial charge is 0.253 e. The van der Waals surface area contributed by atoms with E-state index in [9.17, 15) is 4.79 Å². The predicted octanol–water partition coefficient (Wildman–Crippen LogP) is 2.32. The molecular weight excluding hydrogens is 322 g/mol. The Bertz CT molecular complexity index is 796. The molecule has 2 aromatic rings. The summed E-state index contributed by atoms with van der Waals surface area (Å²) in [7, 11) is 1.80. The molecule has 0 unspecified atom stereocenters. The number of H-pyrrole nitrogens is 1. The maximum atomic E-state index is 12.4. The first-order valence-corrected chi connectivity index (χ1v) is 8.68. The van der Waals surface area contributed by atoms with Crippen molar-refractivity contribution in [1.29, 1.82) is 0 Å². The van der Waals surface area contributed by atoms with Crippen molar-refractivity contribution in [2.24, 2.45) is 0 Å². The summed E-state index contributed by atoms with van der Waals surface area (Å²) in [5.74, 6) is 0. The number of hydrogen-bond acceptors (Lipinski definition) is 3. The van der Waals surface area contributed by atoms with Gasteiger partial charge in [-0.1, -0.05) is 11.6 Å². The first-order chi connectivity index (χ1) is 11.6. The Labute approximate surface area is 147 Å². The fraction of sp³-hybridized carbons (Fsp3) is 0.444. The van der Waals surface area contributed by atoms with Gasteiger partial charge in [0.05, 0.1) is 12.6 Å². The summed E-state index contributed by atoms with van der Waals surface area (Å²) in [5, 5.41) is 4.69. The maximum Gasteiger partial charge on any atom is 0.253 e.